The molecule has 0 aliphatic heterocycles. The van der Waals surface area contributed by atoms with E-state index in [1.54, 1.807) is 25.2 Å². The number of carbonyl (C=O) groups excluding carboxylic acids is 1. The largest absolute Gasteiger partial charge is 0.350 e. The number of aromatic nitrogens is 2. The maximum atomic E-state index is 12.4. The molecule has 6 heteroatoms. The maximum Gasteiger partial charge on any atom is 0.261 e. The minimum absolute atomic E-state index is 0.0881. The van der Waals surface area contributed by atoms with Crippen molar-refractivity contribution in [2.24, 2.45) is 7.05 Å². The van der Waals surface area contributed by atoms with Gasteiger partial charge in [-0.05, 0) is 36.8 Å². The number of amides is 1. The van der Waals surface area contributed by atoms with Crippen LogP contribution in [-0.4, -0.2) is 15.5 Å². The van der Waals surface area contributed by atoms with E-state index in [9.17, 15) is 9.59 Å². The van der Waals surface area contributed by atoms with Gasteiger partial charge in [-0.2, -0.15) is 0 Å². The summed E-state index contributed by atoms with van der Waals surface area (Å²) in [5, 5.41) is 4.21. The van der Waals surface area contributed by atoms with Crippen LogP contribution in [0.3, 0.4) is 0 Å². The summed E-state index contributed by atoms with van der Waals surface area (Å²) in [5.74, 6) is 0.512. The molecule has 0 fully saturated rings. The second-order valence-electron chi connectivity index (χ2n) is 6.25. The quantitative estimate of drug-likeness (QED) is 0.749. The average Bonchev–Trinajstić information content (AvgIpc) is 2.64. The van der Waals surface area contributed by atoms with Crippen molar-refractivity contribution < 1.29 is 4.79 Å². The van der Waals surface area contributed by atoms with Gasteiger partial charge >= 0.3 is 0 Å². The summed E-state index contributed by atoms with van der Waals surface area (Å²) in [5.41, 5.74) is 1.54. The molecule has 1 aromatic heterocycles. The predicted molar refractivity (Wildman–Crippen MR) is 103 cm³/mol. The molecule has 3 rings (SSSR count). The molecule has 0 radical (unpaired) electrons. The number of rotatable bonds is 5. The summed E-state index contributed by atoms with van der Waals surface area (Å²) < 4.78 is 1.51. The molecule has 26 heavy (non-hydrogen) atoms. The fourth-order valence-electron chi connectivity index (χ4n) is 2.86. The molecule has 0 spiro atoms. The van der Waals surface area contributed by atoms with E-state index in [1.807, 2.05) is 37.3 Å². The van der Waals surface area contributed by atoms with Crippen molar-refractivity contribution >= 4 is 28.4 Å². The molecule has 134 valence electrons. The topological polar surface area (TPSA) is 64.0 Å². The van der Waals surface area contributed by atoms with Crippen LogP contribution >= 0.6 is 11.6 Å². The van der Waals surface area contributed by atoms with Crippen molar-refractivity contribution in [1.82, 2.24) is 14.9 Å². The molecule has 1 atom stereocenters. The van der Waals surface area contributed by atoms with Gasteiger partial charge in [0.15, 0.2) is 0 Å². The van der Waals surface area contributed by atoms with Crippen LogP contribution in [0.5, 0.6) is 0 Å². The predicted octanol–water partition coefficient (Wildman–Crippen LogP) is 3.40. The summed E-state index contributed by atoms with van der Waals surface area (Å²) in [6, 6.07) is 14.5. The van der Waals surface area contributed by atoms with Gasteiger partial charge in [-0.3, -0.25) is 14.2 Å². The van der Waals surface area contributed by atoms with Crippen LogP contribution < -0.4 is 10.9 Å². The van der Waals surface area contributed by atoms with E-state index >= 15 is 0 Å². The molecule has 1 N–H and O–H groups in total. The summed E-state index contributed by atoms with van der Waals surface area (Å²) in [7, 11) is 1.69. The van der Waals surface area contributed by atoms with Crippen LogP contribution in [0.1, 0.15) is 30.8 Å². The van der Waals surface area contributed by atoms with E-state index in [0.29, 0.717) is 28.2 Å². The van der Waals surface area contributed by atoms with Crippen molar-refractivity contribution in [3.8, 4) is 0 Å². The molecule has 3 aromatic rings. The molecular formula is C20H20ClN3O2. The Morgan fingerprint density at radius 3 is 2.62 bits per heavy atom. The number of fused-ring (bicyclic) bond motifs is 1. The standard InChI is InChI=1S/C20H20ClN3O2/c1-13(14-7-9-15(21)10-8-14)22-19(25)12-11-18-23-17-6-4-3-5-16(17)20(26)24(18)2/h3-10,13H,11-12H2,1-2H3,(H,22,25)/t13-/m1/s1. The Labute approximate surface area is 156 Å². The normalized spacial score (nSPS) is 12.1. The number of halogens is 1. The first-order chi connectivity index (χ1) is 12.5. The van der Waals surface area contributed by atoms with Gasteiger partial charge < -0.3 is 5.32 Å². The molecule has 0 aliphatic rings. The lowest BCUT2D eigenvalue weighted by molar-refractivity contribution is -0.121. The third-order valence-electron chi connectivity index (χ3n) is 4.40. The highest BCUT2D eigenvalue weighted by molar-refractivity contribution is 6.30. The molecule has 2 aromatic carbocycles. The van der Waals surface area contributed by atoms with Crippen molar-refractivity contribution in [3.63, 3.8) is 0 Å². The van der Waals surface area contributed by atoms with Crippen LogP contribution in [0.2, 0.25) is 5.02 Å². The number of aryl methyl sites for hydroxylation is 1. The molecule has 5 nitrogen and oxygen atoms in total. The highest BCUT2D eigenvalue weighted by Gasteiger charge is 2.12. The van der Waals surface area contributed by atoms with Crippen LogP contribution in [0.25, 0.3) is 10.9 Å². The van der Waals surface area contributed by atoms with Gasteiger partial charge in [-0.25, -0.2) is 4.98 Å². The lowest BCUT2D eigenvalue weighted by Gasteiger charge is -2.15. The zero-order chi connectivity index (χ0) is 18.7. The Hall–Kier alpha value is -2.66. The first-order valence-electron chi connectivity index (χ1n) is 8.45. The lowest BCUT2D eigenvalue weighted by atomic mass is 10.1. The molecule has 0 saturated carbocycles. The molecule has 0 aliphatic carbocycles. The fourth-order valence-corrected chi connectivity index (χ4v) is 2.99. The van der Waals surface area contributed by atoms with Gasteiger partial charge in [0.2, 0.25) is 5.91 Å². The van der Waals surface area contributed by atoms with E-state index in [0.717, 1.165) is 5.56 Å². The zero-order valence-corrected chi connectivity index (χ0v) is 15.5. The minimum atomic E-state index is -0.117. The Morgan fingerprint density at radius 1 is 1.19 bits per heavy atom. The van der Waals surface area contributed by atoms with Gasteiger partial charge in [0, 0.05) is 24.9 Å². The number of nitrogens with zero attached hydrogens (tertiary/aromatic N) is 2. The van der Waals surface area contributed by atoms with Gasteiger partial charge in [0.25, 0.3) is 5.56 Å². The lowest BCUT2D eigenvalue weighted by Crippen LogP contribution is -2.28. The van der Waals surface area contributed by atoms with E-state index < -0.39 is 0 Å². The number of hydrogen-bond donors (Lipinski definition) is 1. The highest BCUT2D eigenvalue weighted by atomic mass is 35.5. The summed E-state index contributed by atoms with van der Waals surface area (Å²) in [6.07, 6.45) is 0.659. The minimum Gasteiger partial charge on any atom is -0.350 e. The molecule has 0 bridgehead atoms. The van der Waals surface area contributed by atoms with E-state index in [2.05, 4.69) is 10.3 Å². The third-order valence-corrected chi connectivity index (χ3v) is 4.65. The monoisotopic (exact) mass is 369 g/mol. The third kappa shape index (κ3) is 3.94. The number of benzene rings is 2. The molecule has 0 unspecified atom stereocenters. The summed E-state index contributed by atoms with van der Waals surface area (Å²) in [4.78, 5) is 29.2. The van der Waals surface area contributed by atoms with Crippen molar-refractivity contribution in [1.29, 1.82) is 0 Å². The van der Waals surface area contributed by atoms with Crippen molar-refractivity contribution in [2.75, 3.05) is 0 Å². The second kappa shape index (κ2) is 7.70. The van der Waals surface area contributed by atoms with Crippen molar-refractivity contribution in [3.05, 3.63) is 75.3 Å². The Kier molecular flexibility index (Phi) is 5.38. The molecular weight excluding hydrogens is 350 g/mol. The fraction of sp³-hybridized carbons (Fsp3) is 0.250. The van der Waals surface area contributed by atoms with Crippen molar-refractivity contribution in [2.45, 2.75) is 25.8 Å². The molecule has 1 heterocycles. The van der Waals surface area contributed by atoms with Crippen LogP contribution in [-0.2, 0) is 18.3 Å². The molecule has 0 saturated heterocycles. The number of para-hydroxylation sites is 1. The summed E-state index contributed by atoms with van der Waals surface area (Å²) in [6.45, 7) is 1.92. The highest BCUT2D eigenvalue weighted by Crippen LogP contribution is 2.16. The van der Waals surface area contributed by atoms with Gasteiger partial charge in [-0.15, -0.1) is 0 Å². The molecule has 1 amide bonds. The first-order valence-corrected chi connectivity index (χ1v) is 8.83. The van der Waals surface area contributed by atoms with Crippen LogP contribution in [0.15, 0.2) is 53.3 Å². The number of hydrogen-bond acceptors (Lipinski definition) is 3. The maximum absolute atomic E-state index is 12.4. The van der Waals surface area contributed by atoms with Gasteiger partial charge in [0.05, 0.1) is 16.9 Å². The summed E-state index contributed by atoms with van der Waals surface area (Å²) >= 11 is 5.89. The van der Waals surface area contributed by atoms with E-state index in [1.165, 1.54) is 4.57 Å². The zero-order valence-electron chi connectivity index (χ0n) is 14.7. The van der Waals surface area contributed by atoms with Crippen LogP contribution in [0, 0.1) is 0 Å². The number of nitrogens with one attached hydrogen (secondary N) is 1. The van der Waals surface area contributed by atoms with E-state index in [4.69, 9.17) is 11.6 Å². The number of carbonyl (C=O) groups is 1. The smallest absolute Gasteiger partial charge is 0.261 e. The van der Waals surface area contributed by atoms with Gasteiger partial charge in [-0.1, -0.05) is 35.9 Å². The first kappa shape index (κ1) is 18.1. The Bertz CT molecular complexity index is 996. The van der Waals surface area contributed by atoms with Gasteiger partial charge in [0.1, 0.15) is 5.82 Å². The Morgan fingerprint density at radius 2 is 1.88 bits per heavy atom. The second-order valence-corrected chi connectivity index (χ2v) is 6.69. The van der Waals surface area contributed by atoms with Crippen LogP contribution in [0.4, 0.5) is 0 Å². The SMILES string of the molecule is C[C@@H](NC(=O)CCc1nc2ccccc2c(=O)n1C)c1ccc(Cl)cc1. The average molecular weight is 370 g/mol. The van der Waals surface area contributed by atoms with E-state index in [-0.39, 0.29) is 23.9 Å². The Balaban J connectivity index is 1.68.